The van der Waals surface area contributed by atoms with E-state index in [2.05, 4.69) is 35.0 Å². The van der Waals surface area contributed by atoms with Crippen LogP contribution in [0.15, 0.2) is 29.6 Å². The van der Waals surface area contributed by atoms with Crippen molar-refractivity contribution in [2.45, 2.75) is 0 Å². The quantitative estimate of drug-likeness (QED) is 0.783. The molecule has 0 aliphatic carbocycles. The number of anilines is 1. The Morgan fingerprint density at radius 1 is 1.31 bits per heavy atom. The van der Waals surface area contributed by atoms with E-state index in [-0.39, 0.29) is 0 Å². The lowest BCUT2D eigenvalue weighted by molar-refractivity contribution is 1.03. The molecule has 0 unspecified atom stereocenters. The van der Waals surface area contributed by atoms with Gasteiger partial charge < -0.3 is 11.1 Å². The van der Waals surface area contributed by atoms with Crippen LogP contribution in [0.25, 0.3) is 10.1 Å². The Morgan fingerprint density at radius 3 is 3.08 bits per heavy atom. The lowest BCUT2D eigenvalue weighted by Crippen LogP contribution is -2.12. The molecule has 13 heavy (non-hydrogen) atoms. The van der Waals surface area contributed by atoms with Crippen LogP contribution < -0.4 is 11.1 Å². The first-order chi connectivity index (χ1) is 6.42. The Balaban J connectivity index is 2.37. The molecule has 0 saturated heterocycles. The third-order valence-corrected chi connectivity index (χ3v) is 2.84. The summed E-state index contributed by atoms with van der Waals surface area (Å²) < 4.78 is 1.32. The predicted octanol–water partition coefficient (Wildman–Crippen LogP) is 2.27. The minimum absolute atomic E-state index is 0.667. The summed E-state index contributed by atoms with van der Waals surface area (Å²) in [5, 5.41) is 6.71. The zero-order chi connectivity index (χ0) is 9.10. The van der Waals surface area contributed by atoms with Crippen LogP contribution in [0.5, 0.6) is 0 Å². The second-order valence-corrected chi connectivity index (χ2v) is 3.80. The second kappa shape index (κ2) is 3.77. The highest BCUT2D eigenvalue weighted by atomic mass is 32.1. The fourth-order valence-corrected chi connectivity index (χ4v) is 2.17. The van der Waals surface area contributed by atoms with Gasteiger partial charge >= 0.3 is 0 Å². The maximum absolute atomic E-state index is 5.44. The van der Waals surface area contributed by atoms with Gasteiger partial charge in [-0.25, -0.2) is 0 Å². The van der Waals surface area contributed by atoms with E-state index in [1.807, 2.05) is 0 Å². The summed E-state index contributed by atoms with van der Waals surface area (Å²) in [5.41, 5.74) is 6.62. The highest BCUT2D eigenvalue weighted by Crippen LogP contribution is 2.27. The first kappa shape index (κ1) is 8.53. The molecule has 2 nitrogen and oxygen atoms in total. The van der Waals surface area contributed by atoms with E-state index in [1.165, 1.54) is 15.8 Å². The Kier molecular flexibility index (Phi) is 2.47. The third kappa shape index (κ3) is 1.66. The summed E-state index contributed by atoms with van der Waals surface area (Å²) in [6.07, 6.45) is 0. The summed E-state index contributed by atoms with van der Waals surface area (Å²) in [7, 11) is 0. The number of benzene rings is 1. The van der Waals surface area contributed by atoms with Crippen molar-refractivity contribution in [3.05, 3.63) is 29.6 Å². The van der Waals surface area contributed by atoms with Gasteiger partial charge in [0.15, 0.2) is 0 Å². The molecule has 0 aliphatic rings. The Labute approximate surface area is 81.4 Å². The van der Waals surface area contributed by atoms with Gasteiger partial charge in [-0.2, -0.15) is 0 Å². The lowest BCUT2D eigenvalue weighted by atomic mass is 10.2. The summed E-state index contributed by atoms with van der Waals surface area (Å²) in [6, 6.07) is 8.43. The van der Waals surface area contributed by atoms with Crippen LogP contribution in [0.4, 0.5) is 5.69 Å². The van der Waals surface area contributed by atoms with E-state index in [1.54, 1.807) is 11.3 Å². The molecule has 0 saturated carbocycles. The minimum Gasteiger partial charge on any atom is -0.383 e. The van der Waals surface area contributed by atoms with Crippen molar-refractivity contribution in [3.8, 4) is 0 Å². The number of hydrogen-bond acceptors (Lipinski definition) is 3. The first-order valence-corrected chi connectivity index (χ1v) is 5.20. The van der Waals surface area contributed by atoms with E-state index in [0.29, 0.717) is 6.54 Å². The molecule has 3 heteroatoms. The molecule has 1 aromatic carbocycles. The van der Waals surface area contributed by atoms with Gasteiger partial charge in [0.25, 0.3) is 0 Å². The number of hydrogen-bond donors (Lipinski definition) is 2. The molecule has 1 heterocycles. The van der Waals surface area contributed by atoms with E-state index >= 15 is 0 Å². The highest BCUT2D eigenvalue weighted by molar-refractivity contribution is 7.17. The van der Waals surface area contributed by atoms with Gasteiger partial charge in [-0.3, -0.25) is 0 Å². The Morgan fingerprint density at radius 2 is 2.23 bits per heavy atom. The second-order valence-electron chi connectivity index (χ2n) is 2.85. The molecule has 0 bridgehead atoms. The molecule has 0 aliphatic heterocycles. The lowest BCUT2D eigenvalue weighted by Gasteiger charge is -2.05. The zero-order valence-electron chi connectivity index (χ0n) is 7.29. The van der Waals surface area contributed by atoms with E-state index in [0.717, 1.165) is 6.54 Å². The fraction of sp³-hybridized carbons (Fsp3) is 0.200. The molecule has 0 radical (unpaired) electrons. The van der Waals surface area contributed by atoms with Crippen LogP contribution in [0.1, 0.15) is 0 Å². The number of fused-ring (bicyclic) bond motifs is 1. The average Bonchev–Trinajstić information content (AvgIpc) is 2.62. The SMILES string of the molecule is NCCNc1cccc2sccc12. The highest BCUT2D eigenvalue weighted by Gasteiger charge is 1.99. The Bertz CT molecular complexity index is 394. The predicted molar refractivity (Wildman–Crippen MR) is 59.4 cm³/mol. The van der Waals surface area contributed by atoms with Crippen molar-refractivity contribution in [2.75, 3.05) is 18.4 Å². The monoisotopic (exact) mass is 192 g/mol. The summed E-state index contributed by atoms with van der Waals surface area (Å²) in [4.78, 5) is 0. The smallest absolute Gasteiger partial charge is 0.0428 e. The van der Waals surface area contributed by atoms with Crippen LogP contribution in [0, 0.1) is 0 Å². The van der Waals surface area contributed by atoms with E-state index < -0.39 is 0 Å². The molecule has 0 spiro atoms. The minimum atomic E-state index is 0.667. The van der Waals surface area contributed by atoms with E-state index in [9.17, 15) is 0 Å². The first-order valence-electron chi connectivity index (χ1n) is 4.32. The van der Waals surface area contributed by atoms with Crippen LogP contribution in [0.2, 0.25) is 0 Å². The third-order valence-electron chi connectivity index (χ3n) is 1.96. The molecular weight excluding hydrogens is 180 g/mol. The Hall–Kier alpha value is -1.06. The van der Waals surface area contributed by atoms with Crippen molar-refractivity contribution >= 4 is 27.1 Å². The summed E-state index contributed by atoms with van der Waals surface area (Å²) >= 11 is 1.76. The summed E-state index contributed by atoms with van der Waals surface area (Å²) in [5.74, 6) is 0. The van der Waals surface area contributed by atoms with Crippen LogP contribution >= 0.6 is 11.3 Å². The number of nitrogens with one attached hydrogen (secondary N) is 1. The van der Waals surface area contributed by atoms with Gasteiger partial charge in [-0.1, -0.05) is 6.07 Å². The van der Waals surface area contributed by atoms with Gasteiger partial charge in [0.05, 0.1) is 0 Å². The summed E-state index contributed by atoms with van der Waals surface area (Å²) in [6.45, 7) is 1.50. The molecule has 2 rings (SSSR count). The molecule has 1 aromatic heterocycles. The number of rotatable bonds is 3. The van der Waals surface area contributed by atoms with Crippen LogP contribution in [0.3, 0.4) is 0 Å². The van der Waals surface area contributed by atoms with Gasteiger partial charge in [0, 0.05) is 28.9 Å². The molecule has 68 valence electrons. The largest absolute Gasteiger partial charge is 0.383 e. The molecule has 3 N–H and O–H groups in total. The fourth-order valence-electron chi connectivity index (χ4n) is 1.36. The molecule has 2 aromatic rings. The van der Waals surface area contributed by atoms with Crippen LogP contribution in [-0.2, 0) is 0 Å². The number of nitrogens with two attached hydrogens (primary N) is 1. The van der Waals surface area contributed by atoms with E-state index in [4.69, 9.17) is 5.73 Å². The maximum Gasteiger partial charge on any atom is 0.0428 e. The zero-order valence-corrected chi connectivity index (χ0v) is 8.10. The topological polar surface area (TPSA) is 38.0 Å². The normalized spacial score (nSPS) is 10.5. The average molecular weight is 192 g/mol. The van der Waals surface area contributed by atoms with Crippen molar-refractivity contribution in [3.63, 3.8) is 0 Å². The van der Waals surface area contributed by atoms with Crippen LogP contribution in [-0.4, -0.2) is 13.1 Å². The molecule has 0 amide bonds. The van der Waals surface area contributed by atoms with Crippen molar-refractivity contribution in [1.82, 2.24) is 0 Å². The van der Waals surface area contributed by atoms with Crippen molar-refractivity contribution < 1.29 is 0 Å². The molecule has 0 atom stereocenters. The van der Waals surface area contributed by atoms with Crippen molar-refractivity contribution in [2.24, 2.45) is 5.73 Å². The van der Waals surface area contributed by atoms with Gasteiger partial charge in [0.2, 0.25) is 0 Å². The number of thiophene rings is 1. The van der Waals surface area contributed by atoms with Gasteiger partial charge in [-0.05, 0) is 23.6 Å². The maximum atomic E-state index is 5.44. The van der Waals surface area contributed by atoms with Gasteiger partial charge in [-0.15, -0.1) is 11.3 Å². The molecular formula is C10H12N2S. The standard InChI is InChI=1S/C10H12N2S/c11-5-6-12-9-2-1-3-10-8(9)4-7-13-10/h1-4,7,12H,5-6,11H2. The van der Waals surface area contributed by atoms with Crippen molar-refractivity contribution in [1.29, 1.82) is 0 Å². The molecule has 0 fully saturated rings. The van der Waals surface area contributed by atoms with Gasteiger partial charge in [0.1, 0.15) is 0 Å².